The van der Waals surface area contributed by atoms with Crippen molar-refractivity contribution in [2.45, 2.75) is 18.9 Å². The monoisotopic (exact) mass is 324 g/mol. The molecule has 2 rings (SSSR count). The fraction of sp³-hybridized carbons (Fsp3) is 0.200. The third kappa shape index (κ3) is 3.14. The Kier molecular flexibility index (Phi) is 4.10. The highest BCUT2D eigenvalue weighted by molar-refractivity contribution is 9.10. The number of benzene rings is 2. The number of hydrogen-bond donors (Lipinski definition) is 1. The van der Waals surface area contributed by atoms with E-state index in [1.54, 1.807) is 6.92 Å². The molecule has 1 unspecified atom stereocenters. The van der Waals surface area contributed by atoms with Crippen LogP contribution in [0.4, 0.5) is 0 Å². The first-order chi connectivity index (χ1) is 8.49. The van der Waals surface area contributed by atoms with Gasteiger partial charge in [-0.1, -0.05) is 57.9 Å². The molecule has 0 bridgehead atoms. The highest BCUT2D eigenvalue weighted by Crippen LogP contribution is 2.29. The van der Waals surface area contributed by atoms with Crippen LogP contribution in [0, 0.1) is 0 Å². The lowest BCUT2D eigenvalue weighted by Gasteiger charge is -2.24. The quantitative estimate of drug-likeness (QED) is 0.877. The molecule has 0 saturated heterocycles. The molecule has 18 heavy (non-hydrogen) atoms. The van der Waals surface area contributed by atoms with E-state index in [1.807, 2.05) is 48.5 Å². The van der Waals surface area contributed by atoms with E-state index in [1.165, 1.54) is 0 Å². The van der Waals surface area contributed by atoms with E-state index in [-0.39, 0.29) is 0 Å². The average Bonchev–Trinajstić information content (AvgIpc) is 2.32. The van der Waals surface area contributed by atoms with Gasteiger partial charge in [-0.3, -0.25) is 0 Å². The summed E-state index contributed by atoms with van der Waals surface area (Å²) >= 11 is 9.51. The summed E-state index contributed by atoms with van der Waals surface area (Å²) in [6.07, 6.45) is 0.494. The second-order valence-corrected chi connectivity index (χ2v) is 5.87. The van der Waals surface area contributed by atoms with Crippen LogP contribution in [0.25, 0.3) is 0 Å². The van der Waals surface area contributed by atoms with Crippen molar-refractivity contribution in [1.82, 2.24) is 0 Å². The van der Waals surface area contributed by atoms with E-state index in [4.69, 9.17) is 11.6 Å². The molecule has 0 aliphatic heterocycles. The van der Waals surface area contributed by atoms with Crippen molar-refractivity contribution in [3.8, 4) is 0 Å². The number of rotatable bonds is 3. The Morgan fingerprint density at radius 1 is 1.11 bits per heavy atom. The molecule has 94 valence electrons. The summed E-state index contributed by atoms with van der Waals surface area (Å²) in [6, 6.07) is 15.3. The molecule has 0 aromatic heterocycles. The summed E-state index contributed by atoms with van der Waals surface area (Å²) in [5.74, 6) is 0. The van der Waals surface area contributed by atoms with Gasteiger partial charge in [0.05, 0.1) is 5.60 Å². The topological polar surface area (TPSA) is 20.2 Å². The van der Waals surface area contributed by atoms with Gasteiger partial charge in [-0.25, -0.2) is 0 Å². The van der Waals surface area contributed by atoms with Crippen LogP contribution in [0.1, 0.15) is 18.1 Å². The van der Waals surface area contributed by atoms with Crippen LogP contribution in [0.2, 0.25) is 5.02 Å². The Morgan fingerprint density at radius 3 is 2.33 bits per heavy atom. The van der Waals surface area contributed by atoms with E-state index in [0.29, 0.717) is 11.4 Å². The zero-order valence-corrected chi connectivity index (χ0v) is 12.4. The highest BCUT2D eigenvalue weighted by atomic mass is 79.9. The number of aliphatic hydroxyl groups is 1. The summed E-state index contributed by atoms with van der Waals surface area (Å²) in [5, 5.41) is 11.3. The SMILES string of the molecule is CC(O)(Cc1ccccc1Cl)c1ccc(Br)cc1. The molecule has 1 atom stereocenters. The van der Waals surface area contributed by atoms with E-state index in [9.17, 15) is 5.11 Å². The summed E-state index contributed by atoms with van der Waals surface area (Å²) in [5.41, 5.74) is 0.906. The van der Waals surface area contributed by atoms with Crippen molar-refractivity contribution in [2.24, 2.45) is 0 Å². The van der Waals surface area contributed by atoms with Crippen LogP contribution in [-0.4, -0.2) is 5.11 Å². The zero-order chi connectivity index (χ0) is 13.2. The first-order valence-corrected chi connectivity index (χ1v) is 6.88. The molecule has 0 saturated carbocycles. The van der Waals surface area contributed by atoms with Crippen molar-refractivity contribution in [1.29, 1.82) is 0 Å². The van der Waals surface area contributed by atoms with Gasteiger partial charge >= 0.3 is 0 Å². The molecule has 2 aromatic carbocycles. The van der Waals surface area contributed by atoms with Crippen molar-refractivity contribution in [3.05, 3.63) is 69.2 Å². The Labute approximate surface area is 121 Å². The minimum Gasteiger partial charge on any atom is -0.385 e. The summed E-state index contributed by atoms with van der Waals surface area (Å²) in [6.45, 7) is 1.81. The Hall–Kier alpha value is -0.830. The van der Waals surface area contributed by atoms with Gasteiger partial charge in [-0.15, -0.1) is 0 Å². The van der Waals surface area contributed by atoms with Gasteiger partial charge in [0.1, 0.15) is 0 Å². The third-order valence-corrected chi connectivity index (χ3v) is 3.86. The van der Waals surface area contributed by atoms with Gasteiger partial charge < -0.3 is 5.11 Å². The lowest BCUT2D eigenvalue weighted by atomic mass is 9.89. The molecular formula is C15H14BrClO. The van der Waals surface area contributed by atoms with Crippen molar-refractivity contribution in [2.75, 3.05) is 0 Å². The van der Waals surface area contributed by atoms with E-state index >= 15 is 0 Å². The van der Waals surface area contributed by atoms with Gasteiger partial charge in [-0.2, -0.15) is 0 Å². The van der Waals surface area contributed by atoms with Crippen molar-refractivity contribution in [3.63, 3.8) is 0 Å². The molecule has 0 heterocycles. The predicted octanol–water partition coefficient (Wildman–Crippen LogP) is 4.55. The van der Waals surface area contributed by atoms with Gasteiger partial charge in [-0.05, 0) is 36.2 Å². The molecule has 0 radical (unpaired) electrons. The maximum Gasteiger partial charge on any atom is 0.0909 e. The molecule has 0 fully saturated rings. The number of halogens is 2. The molecule has 0 spiro atoms. The van der Waals surface area contributed by atoms with Crippen LogP contribution in [0.3, 0.4) is 0 Å². The lowest BCUT2D eigenvalue weighted by molar-refractivity contribution is 0.0576. The fourth-order valence-corrected chi connectivity index (χ4v) is 2.39. The fourth-order valence-electron chi connectivity index (χ4n) is 1.92. The maximum atomic E-state index is 10.6. The minimum atomic E-state index is -0.925. The zero-order valence-electron chi connectivity index (χ0n) is 10.0. The largest absolute Gasteiger partial charge is 0.385 e. The van der Waals surface area contributed by atoms with E-state index in [0.717, 1.165) is 15.6 Å². The van der Waals surface area contributed by atoms with Crippen LogP contribution < -0.4 is 0 Å². The Balaban J connectivity index is 2.27. The van der Waals surface area contributed by atoms with Gasteiger partial charge in [0.15, 0.2) is 0 Å². The molecule has 1 N–H and O–H groups in total. The lowest BCUT2D eigenvalue weighted by Crippen LogP contribution is -2.24. The van der Waals surface area contributed by atoms with Gasteiger partial charge in [0.2, 0.25) is 0 Å². The summed E-state index contributed by atoms with van der Waals surface area (Å²) < 4.78 is 1.000. The minimum absolute atomic E-state index is 0.494. The van der Waals surface area contributed by atoms with Crippen LogP contribution >= 0.6 is 27.5 Å². The molecule has 0 aliphatic carbocycles. The van der Waals surface area contributed by atoms with Gasteiger partial charge in [0.25, 0.3) is 0 Å². The van der Waals surface area contributed by atoms with Gasteiger partial charge in [0, 0.05) is 15.9 Å². The molecular weight excluding hydrogens is 312 g/mol. The maximum absolute atomic E-state index is 10.6. The molecule has 1 nitrogen and oxygen atoms in total. The second-order valence-electron chi connectivity index (χ2n) is 4.55. The normalized spacial score (nSPS) is 14.2. The highest BCUT2D eigenvalue weighted by Gasteiger charge is 2.24. The average molecular weight is 326 g/mol. The molecule has 3 heteroatoms. The Morgan fingerprint density at radius 2 is 1.72 bits per heavy atom. The second kappa shape index (κ2) is 5.43. The van der Waals surface area contributed by atoms with Crippen LogP contribution in [0.5, 0.6) is 0 Å². The summed E-state index contributed by atoms with van der Waals surface area (Å²) in [7, 11) is 0. The smallest absolute Gasteiger partial charge is 0.0909 e. The first-order valence-electron chi connectivity index (χ1n) is 5.71. The van der Waals surface area contributed by atoms with E-state index in [2.05, 4.69) is 15.9 Å². The summed E-state index contributed by atoms with van der Waals surface area (Å²) in [4.78, 5) is 0. The Bertz CT molecular complexity index is 534. The standard InChI is InChI=1S/C15H14BrClO/c1-15(18,12-6-8-13(16)9-7-12)10-11-4-2-3-5-14(11)17/h2-9,18H,10H2,1H3. The first kappa shape index (κ1) is 13.6. The van der Waals surface area contributed by atoms with Crippen molar-refractivity contribution >= 4 is 27.5 Å². The predicted molar refractivity (Wildman–Crippen MR) is 78.9 cm³/mol. The van der Waals surface area contributed by atoms with Crippen LogP contribution in [0.15, 0.2) is 53.0 Å². The molecule has 2 aromatic rings. The van der Waals surface area contributed by atoms with Crippen LogP contribution in [-0.2, 0) is 12.0 Å². The molecule has 0 aliphatic rings. The number of hydrogen-bond acceptors (Lipinski definition) is 1. The third-order valence-electron chi connectivity index (χ3n) is 2.96. The van der Waals surface area contributed by atoms with Crippen molar-refractivity contribution < 1.29 is 5.11 Å². The molecule has 0 amide bonds. The van der Waals surface area contributed by atoms with E-state index < -0.39 is 5.60 Å².